The zero-order chi connectivity index (χ0) is 11.5. The summed E-state index contributed by atoms with van der Waals surface area (Å²) in [7, 11) is 0. The van der Waals surface area contributed by atoms with E-state index in [1.165, 1.54) is 22.3 Å². The van der Waals surface area contributed by atoms with Gasteiger partial charge in [0.15, 0.2) is 0 Å². The van der Waals surface area contributed by atoms with E-state index in [1.54, 1.807) is 0 Å². The van der Waals surface area contributed by atoms with E-state index in [2.05, 4.69) is 37.3 Å². The number of hydrogen-bond acceptors (Lipinski definition) is 2. The molecule has 0 saturated carbocycles. The molecule has 1 atom stereocenters. The average molecular weight is 212 g/mol. The third kappa shape index (κ3) is 2.15. The number of fused-ring (bicyclic) bond motifs is 1. The van der Waals surface area contributed by atoms with Gasteiger partial charge in [0.2, 0.25) is 0 Å². The standard InChI is InChI=1S/C14H16N2/c1-10-3-2-4-12-7-11(5-6-14(10)12)8-13(16)9-15/h2-4,7,13H,5-6,8,16H2,1H3. The molecule has 0 aromatic heterocycles. The van der Waals surface area contributed by atoms with Gasteiger partial charge < -0.3 is 5.73 Å². The van der Waals surface area contributed by atoms with Crippen LogP contribution >= 0.6 is 0 Å². The third-order valence-electron chi connectivity index (χ3n) is 3.15. The quantitative estimate of drug-likeness (QED) is 0.819. The highest BCUT2D eigenvalue weighted by Crippen LogP contribution is 2.28. The number of nitrogens with two attached hydrogens (primary N) is 1. The second-order valence-electron chi connectivity index (χ2n) is 4.38. The monoisotopic (exact) mass is 212 g/mol. The van der Waals surface area contributed by atoms with E-state index >= 15 is 0 Å². The highest BCUT2D eigenvalue weighted by Gasteiger charge is 2.13. The van der Waals surface area contributed by atoms with Crippen LogP contribution < -0.4 is 5.73 Å². The first-order chi connectivity index (χ1) is 7.70. The molecule has 0 fully saturated rings. The van der Waals surface area contributed by atoms with Crippen molar-refractivity contribution in [3.8, 4) is 6.07 Å². The number of rotatable bonds is 2. The van der Waals surface area contributed by atoms with Crippen LogP contribution in [0.15, 0.2) is 23.8 Å². The van der Waals surface area contributed by atoms with E-state index in [0.29, 0.717) is 6.42 Å². The Morgan fingerprint density at radius 3 is 3.00 bits per heavy atom. The molecular weight excluding hydrogens is 196 g/mol. The summed E-state index contributed by atoms with van der Waals surface area (Å²) in [5.41, 5.74) is 11.0. The number of nitriles is 1. The molecule has 2 N–H and O–H groups in total. The molecular formula is C14H16N2. The first-order valence-electron chi connectivity index (χ1n) is 5.64. The predicted octanol–water partition coefficient (Wildman–Crippen LogP) is 2.57. The molecule has 0 radical (unpaired) electrons. The molecule has 0 bridgehead atoms. The van der Waals surface area contributed by atoms with Crippen molar-refractivity contribution in [1.82, 2.24) is 0 Å². The van der Waals surface area contributed by atoms with Crippen molar-refractivity contribution in [1.29, 1.82) is 5.26 Å². The normalized spacial score (nSPS) is 15.9. The molecule has 2 nitrogen and oxygen atoms in total. The highest BCUT2D eigenvalue weighted by molar-refractivity contribution is 5.61. The van der Waals surface area contributed by atoms with Crippen LogP contribution in [0.5, 0.6) is 0 Å². The van der Waals surface area contributed by atoms with Gasteiger partial charge in [-0.05, 0) is 42.9 Å². The SMILES string of the molecule is Cc1cccc2c1CCC(CC(N)C#N)=C2. The van der Waals surface area contributed by atoms with Crippen molar-refractivity contribution in [2.75, 3.05) is 0 Å². The van der Waals surface area contributed by atoms with Crippen LogP contribution in [0.2, 0.25) is 0 Å². The van der Waals surface area contributed by atoms with Crippen LogP contribution in [0, 0.1) is 18.3 Å². The summed E-state index contributed by atoms with van der Waals surface area (Å²) >= 11 is 0. The van der Waals surface area contributed by atoms with Crippen molar-refractivity contribution in [2.45, 2.75) is 32.2 Å². The van der Waals surface area contributed by atoms with Crippen molar-refractivity contribution in [3.63, 3.8) is 0 Å². The molecule has 0 spiro atoms. The van der Waals surface area contributed by atoms with Crippen molar-refractivity contribution in [2.24, 2.45) is 5.73 Å². The van der Waals surface area contributed by atoms with E-state index in [4.69, 9.17) is 11.0 Å². The van der Waals surface area contributed by atoms with Gasteiger partial charge in [-0.1, -0.05) is 29.8 Å². The van der Waals surface area contributed by atoms with Crippen LogP contribution in [-0.2, 0) is 6.42 Å². The zero-order valence-electron chi connectivity index (χ0n) is 9.53. The Morgan fingerprint density at radius 1 is 1.44 bits per heavy atom. The lowest BCUT2D eigenvalue weighted by atomic mass is 9.87. The second-order valence-corrected chi connectivity index (χ2v) is 4.38. The van der Waals surface area contributed by atoms with Crippen molar-refractivity contribution >= 4 is 6.08 Å². The van der Waals surface area contributed by atoms with Crippen LogP contribution in [0.3, 0.4) is 0 Å². The Kier molecular flexibility index (Phi) is 3.07. The predicted molar refractivity (Wildman–Crippen MR) is 65.7 cm³/mol. The minimum absolute atomic E-state index is 0.363. The van der Waals surface area contributed by atoms with Gasteiger partial charge in [0.1, 0.15) is 0 Å². The molecule has 2 rings (SSSR count). The van der Waals surface area contributed by atoms with E-state index in [1.807, 2.05) is 0 Å². The van der Waals surface area contributed by atoms with Gasteiger partial charge >= 0.3 is 0 Å². The van der Waals surface area contributed by atoms with Crippen molar-refractivity contribution in [3.05, 3.63) is 40.5 Å². The number of benzene rings is 1. The van der Waals surface area contributed by atoms with E-state index in [-0.39, 0.29) is 6.04 Å². The summed E-state index contributed by atoms with van der Waals surface area (Å²) in [5.74, 6) is 0. The topological polar surface area (TPSA) is 49.8 Å². The van der Waals surface area contributed by atoms with Gasteiger partial charge in [0, 0.05) is 0 Å². The molecule has 16 heavy (non-hydrogen) atoms. The number of hydrogen-bond donors (Lipinski definition) is 1. The summed E-state index contributed by atoms with van der Waals surface area (Å²) in [4.78, 5) is 0. The van der Waals surface area contributed by atoms with Crippen LogP contribution in [0.4, 0.5) is 0 Å². The molecule has 0 amide bonds. The Balaban J connectivity index is 2.26. The fourth-order valence-electron chi connectivity index (χ4n) is 2.27. The lowest BCUT2D eigenvalue weighted by Gasteiger charge is -2.18. The van der Waals surface area contributed by atoms with Gasteiger partial charge in [0.25, 0.3) is 0 Å². The zero-order valence-corrected chi connectivity index (χ0v) is 9.53. The van der Waals surface area contributed by atoms with Gasteiger partial charge in [-0.3, -0.25) is 0 Å². The molecule has 0 aliphatic heterocycles. The Morgan fingerprint density at radius 2 is 2.25 bits per heavy atom. The average Bonchev–Trinajstić information content (AvgIpc) is 2.29. The minimum Gasteiger partial charge on any atom is -0.316 e. The molecule has 1 unspecified atom stereocenters. The summed E-state index contributed by atoms with van der Waals surface area (Å²) in [6.07, 6.45) is 5.01. The minimum atomic E-state index is -0.363. The molecule has 82 valence electrons. The largest absolute Gasteiger partial charge is 0.316 e. The molecule has 1 aliphatic carbocycles. The van der Waals surface area contributed by atoms with Gasteiger partial charge in [-0.25, -0.2) is 0 Å². The van der Waals surface area contributed by atoms with E-state index < -0.39 is 0 Å². The van der Waals surface area contributed by atoms with E-state index in [0.717, 1.165) is 12.8 Å². The molecule has 1 aliphatic rings. The van der Waals surface area contributed by atoms with Gasteiger partial charge in [0.05, 0.1) is 12.1 Å². The second kappa shape index (κ2) is 4.51. The molecule has 0 saturated heterocycles. The highest BCUT2D eigenvalue weighted by atomic mass is 14.6. The first kappa shape index (κ1) is 10.9. The Bertz CT molecular complexity index is 466. The maximum absolute atomic E-state index is 8.70. The fraction of sp³-hybridized carbons (Fsp3) is 0.357. The van der Waals surface area contributed by atoms with Crippen LogP contribution in [-0.4, -0.2) is 6.04 Å². The lowest BCUT2D eigenvalue weighted by Crippen LogP contribution is -2.18. The molecule has 1 aromatic rings. The summed E-state index contributed by atoms with van der Waals surface area (Å²) in [6.45, 7) is 2.15. The van der Waals surface area contributed by atoms with Crippen LogP contribution in [0.25, 0.3) is 6.08 Å². The Labute approximate surface area is 96.4 Å². The summed E-state index contributed by atoms with van der Waals surface area (Å²) < 4.78 is 0. The van der Waals surface area contributed by atoms with E-state index in [9.17, 15) is 0 Å². The maximum atomic E-state index is 8.70. The first-order valence-corrected chi connectivity index (χ1v) is 5.64. The number of nitrogens with zero attached hydrogens (tertiary/aromatic N) is 1. The summed E-state index contributed by atoms with van der Waals surface area (Å²) in [6, 6.07) is 8.09. The molecule has 1 aromatic carbocycles. The smallest absolute Gasteiger partial charge is 0.0965 e. The van der Waals surface area contributed by atoms with Gasteiger partial charge in [-0.2, -0.15) is 5.26 Å². The Hall–Kier alpha value is -1.59. The van der Waals surface area contributed by atoms with Gasteiger partial charge in [-0.15, -0.1) is 0 Å². The molecule has 0 heterocycles. The maximum Gasteiger partial charge on any atom is 0.0965 e. The summed E-state index contributed by atoms with van der Waals surface area (Å²) in [5, 5.41) is 8.70. The fourth-order valence-corrected chi connectivity index (χ4v) is 2.27. The van der Waals surface area contributed by atoms with Crippen LogP contribution in [0.1, 0.15) is 29.5 Å². The molecule has 2 heteroatoms. The number of aryl methyl sites for hydroxylation is 1. The van der Waals surface area contributed by atoms with Crippen molar-refractivity contribution < 1.29 is 0 Å². The third-order valence-corrected chi connectivity index (χ3v) is 3.15. The lowest BCUT2D eigenvalue weighted by molar-refractivity contribution is 0.762.